The number of fused-ring (bicyclic) bond motifs is 1. The zero-order valence-corrected chi connectivity index (χ0v) is 13.8. The third-order valence-corrected chi connectivity index (χ3v) is 4.48. The summed E-state index contributed by atoms with van der Waals surface area (Å²) in [6.07, 6.45) is 1.29. The Morgan fingerprint density at radius 3 is 2.61 bits per heavy atom. The van der Waals surface area contributed by atoms with E-state index in [9.17, 15) is 14.0 Å². The third-order valence-electron chi connectivity index (χ3n) is 3.87. The largest absolute Gasteiger partial charge is 0.423 e. The molecule has 23 heavy (non-hydrogen) atoms. The number of carbonyl (C=O) groups excluding carboxylic acids is 1. The topological polar surface area (TPSA) is 53.8 Å². The second-order valence-corrected chi connectivity index (χ2v) is 6.08. The van der Waals surface area contributed by atoms with Crippen LogP contribution in [0.3, 0.4) is 0 Å². The number of hydrogen-bond donors (Lipinski definition) is 0. The van der Waals surface area contributed by atoms with Crippen LogP contribution in [0.5, 0.6) is 0 Å². The normalized spacial score (nSPS) is 15.0. The number of rotatable bonds is 2. The van der Waals surface area contributed by atoms with E-state index >= 15 is 0 Å². The van der Waals surface area contributed by atoms with Crippen LogP contribution in [-0.4, -0.2) is 37.0 Å². The highest BCUT2D eigenvalue weighted by Crippen LogP contribution is 2.30. The number of anilines is 1. The average molecular weight is 381 g/mol. The van der Waals surface area contributed by atoms with Crippen LogP contribution in [0.1, 0.15) is 0 Å². The highest BCUT2D eigenvalue weighted by molar-refractivity contribution is 9.10. The van der Waals surface area contributed by atoms with Crippen molar-refractivity contribution in [2.45, 2.75) is 0 Å². The zero-order chi connectivity index (χ0) is 16.6. The fourth-order valence-electron chi connectivity index (χ4n) is 2.70. The molecule has 120 valence electrons. The third kappa shape index (κ3) is 3.01. The Morgan fingerprint density at radius 2 is 1.96 bits per heavy atom. The van der Waals surface area contributed by atoms with E-state index in [0.717, 1.165) is 0 Å². The van der Waals surface area contributed by atoms with Crippen LogP contribution >= 0.6 is 15.9 Å². The summed E-state index contributed by atoms with van der Waals surface area (Å²) in [4.78, 5) is 27.1. The van der Waals surface area contributed by atoms with Crippen molar-refractivity contribution >= 4 is 38.5 Å². The molecule has 1 amide bonds. The van der Waals surface area contributed by atoms with Gasteiger partial charge in [-0.3, -0.25) is 4.79 Å². The quantitative estimate of drug-likeness (QED) is 0.593. The first-order valence-corrected chi connectivity index (χ1v) is 7.88. The number of halogens is 2. The molecule has 1 aromatic carbocycles. The van der Waals surface area contributed by atoms with E-state index in [2.05, 4.69) is 22.5 Å². The Hall–Kier alpha value is -2.15. The summed E-state index contributed by atoms with van der Waals surface area (Å²) >= 11 is 3.09. The Labute approximate surface area is 140 Å². The number of nitrogens with zero attached hydrogens (tertiary/aromatic N) is 2. The van der Waals surface area contributed by atoms with Crippen molar-refractivity contribution in [3.05, 3.63) is 51.6 Å². The lowest BCUT2D eigenvalue weighted by Crippen LogP contribution is -2.48. The van der Waals surface area contributed by atoms with E-state index in [4.69, 9.17) is 4.42 Å². The molecule has 1 aliphatic heterocycles. The number of carbonyl (C=O) groups is 1. The molecule has 2 aromatic rings. The summed E-state index contributed by atoms with van der Waals surface area (Å²) in [5, 5.41) is 0.536. The van der Waals surface area contributed by atoms with Crippen LogP contribution in [0.2, 0.25) is 0 Å². The summed E-state index contributed by atoms with van der Waals surface area (Å²) in [5.74, 6) is -0.537. The van der Waals surface area contributed by atoms with Crippen molar-refractivity contribution in [1.82, 2.24) is 4.90 Å². The molecule has 7 heteroatoms. The number of amides is 1. The maximum Gasteiger partial charge on any atom is 0.338 e. The predicted molar refractivity (Wildman–Crippen MR) is 89.1 cm³/mol. The fourth-order valence-corrected chi connectivity index (χ4v) is 3.02. The first-order chi connectivity index (χ1) is 11.0. The van der Waals surface area contributed by atoms with Gasteiger partial charge in [0, 0.05) is 37.6 Å². The average Bonchev–Trinajstić information content (AvgIpc) is 2.55. The lowest BCUT2D eigenvalue weighted by Gasteiger charge is -2.35. The molecule has 3 rings (SSSR count). The van der Waals surface area contributed by atoms with Gasteiger partial charge >= 0.3 is 5.63 Å². The minimum Gasteiger partial charge on any atom is -0.423 e. The van der Waals surface area contributed by atoms with Crippen LogP contribution in [0, 0.1) is 5.82 Å². The second-order valence-electron chi connectivity index (χ2n) is 5.23. The van der Waals surface area contributed by atoms with Gasteiger partial charge in [0.05, 0.1) is 10.2 Å². The van der Waals surface area contributed by atoms with Crippen molar-refractivity contribution in [2.75, 3.05) is 31.1 Å². The molecule has 2 heterocycles. The molecular weight excluding hydrogens is 367 g/mol. The summed E-state index contributed by atoms with van der Waals surface area (Å²) in [5.41, 5.74) is 0.453. The van der Waals surface area contributed by atoms with E-state index in [1.165, 1.54) is 24.3 Å². The highest BCUT2D eigenvalue weighted by Gasteiger charge is 2.22. The predicted octanol–water partition coefficient (Wildman–Crippen LogP) is 2.53. The fraction of sp³-hybridized carbons (Fsp3) is 0.250. The van der Waals surface area contributed by atoms with Crippen molar-refractivity contribution in [2.24, 2.45) is 0 Å². The van der Waals surface area contributed by atoms with Gasteiger partial charge in [-0.15, -0.1) is 0 Å². The van der Waals surface area contributed by atoms with Crippen molar-refractivity contribution in [3.8, 4) is 0 Å². The van der Waals surface area contributed by atoms with Gasteiger partial charge in [0.15, 0.2) is 0 Å². The second kappa shape index (κ2) is 6.16. The molecule has 0 N–H and O–H groups in total. The number of hydrogen-bond acceptors (Lipinski definition) is 4. The van der Waals surface area contributed by atoms with E-state index in [1.807, 2.05) is 4.90 Å². The molecule has 1 fully saturated rings. The maximum atomic E-state index is 13.9. The van der Waals surface area contributed by atoms with E-state index in [1.54, 1.807) is 4.90 Å². The zero-order valence-electron chi connectivity index (χ0n) is 12.2. The van der Waals surface area contributed by atoms with Gasteiger partial charge in [0.1, 0.15) is 11.4 Å². The van der Waals surface area contributed by atoms with Crippen LogP contribution < -0.4 is 10.5 Å². The van der Waals surface area contributed by atoms with Gasteiger partial charge in [-0.2, -0.15) is 0 Å². The van der Waals surface area contributed by atoms with E-state index < -0.39 is 11.4 Å². The molecule has 0 atom stereocenters. The summed E-state index contributed by atoms with van der Waals surface area (Å²) in [6, 6.07) is 4.16. The SMILES string of the molecule is C=CC(=O)N1CCN(c2cc(=O)oc3cc(Br)c(F)cc23)CC1. The van der Waals surface area contributed by atoms with Crippen molar-refractivity contribution in [1.29, 1.82) is 0 Å². The van der Waals surface area contributed by atoms with Crippen molar-refractivity contribution < 1.29 is 13.6 Å². The number of piperazine rings is 1. The standard InChI is InChI=1S/C16H14BrFN2O3/c1-2-15(21)20-5-3-19(4-6-20)13-9-16(22)23-14-8-11(17)12(18)7-10(13)14/h2,7-9H,1,3-6H2. The summed E-state index contributed by atoms with van der Waals surface area (Å²) < 4.78 is 19.3. The molecule has 0 bridgehead atoms. The molecule has 1 saturated heterocycles. The Bertz CT molecular complexity index is 841. The minimum absolute atomic E-state index is 0.114. The van der Waals surface area contributed by atoms with Crippen LogP contribution in [0.25, 0.3) is 11.0 Å². The molecule has 0 unspecified atom stereocenters. The molecule has 0 saturated carbocycles. The molecular formula is C16H14BrFN2O3. The Kier molecular flexibility index (Phi) is 4.21. The van der Waals surface area contributed by atoms with Crippen molar-refractivity contribution in [3.63, 3.8) is 0 Å². The monoisotopic (exact) mass is 380 g/mol. The lowest BCUT2D eigenvalue weighted by atomic mass is 10.1. The van der Waals surface area contributed by atoms with Crippen LogP contribution in [-0.2, 0) is 4.79 Å². The molecule has 0 aliphatic carbocycles. The maximum absolute atomic E-state index is 13.9. The number of benzene rings is 1. The smallest absolute Gasteiger partial charge is 0.338 e. The van der Waals surface area contributed by atoms with Gasteiger partial charge in [-0.25, -0.2) is 9.18 Å². The molecule has 0 spiro atoms. The molecule has 5 nitrogen and oxygen atoms in total. The highest BCUT2D eigenvalue weighted by atomic mass is 79.9. The van der Waals surface area contributed by atoms with Gasteiger partial charge in [0.2, 0.25) is 5.91 Å². The first-order valence-electron chi connectivity index (χ1n) is 7.09. The van der Waals surface area contributed by atoms with Crippen LogP contribution in [0.15, 0.2) is 44.5 Å². The van der Waals surface area contributed by atoms with Gasteiger partial charge in [0.25, 0.3) is 0 Å². The van der Waals surface area contributed by atoms with E-state index in [-0.39, 0.29) is 10.4 Å². The van der Waals surface area contributed by atoms with Gasteiger partial charge in [-0.05, 0) is 34.1 Å². The molecule has 0 radical (unpaired) electrons. The van der Waals surface area contributed by atoms with Gasteiger partial charge in [-0.1, -0.05) is 6.58 Å². The lowest BCUT2D eigenvalue weighted by molar-refractivity contribution is -0.126. The molecule has 1 aliphatic rings. The first kappa shape index (κ1) is 15.7. The Morgan fingerprint density at radius 1 is 1.26 bits per heavy atom. The molecule has 1 aromatic heterocycles. The Balaban J connectivity index is 1.97. The summed E-state index contributed by atoms with van der Waals surface area (Å²) in [6.45, 7) is 5.62. The van der Waals surface area contributed by atoms with Gasteiger partial charge < -0.3 is 14.2 Å². The van der Waals surface area contributed by atoms with Crippen LogP contribution in [0.4, 0.5) is 10.1 Å². The summed E-state index contributed by atoms with van der Waals surface area (Å²) in [7, 11) is 0. The minimum atomic E-state index is -0.490. The van der Waals surface area contributed by atoms with E-state index in [0.29, 0.717) is 42.8 Å².